The van der Waals surface area contributed by atoms with Gasteiger partial charge in [0.1, 0.15) is 5.75 Å². The molecule has 0 aromatic heterocycles. The number of hydrogen-bond donors (Lipinski definition) is 2. The summed E-state index contributed by atoms with van der Waals surface area (Å²) in [5.41, 5.74) is 2.16. The minimum absolute atomic E-state index is 0.0276. The van der Waals surface area contributed by atoms with Gasteiger partial charge in [0.05, 0.1) is 18.6 Å². The van der Waals surface area contributed by atoms with Crippen LogP contribution in [0.3, 0.4) is 0 Å². The highest BCUT2D eigenvalue weighted by Crippen LogP contribution is 2.40. The highest BCUT2D eigenvalue weighted by Gasteiger charge is 2.40. The summed E-state index contributed by atoms with van der Waals surface area (Å²) in [6, 6.07) is 15.3. The monoisotopic (exact) mass is 364 g/mol. The Hall–Kier alpha value is -2.82. The molecule has 0 spiro atoms. The molecule has 0 radical (unpaired) electrons. The van der Waals surface area contributed by atoms with Crippen molar-refractivity contribution in [2.24, 2.45) is 0 Å². The summed E-state index contributed by atoms with van der Waals surface area (Å²) in [4.78, 5) is 25.3. The summed E-state index contributed by atoms with van der Waals surface area (Å²) in [7, 11) is 1.65. The number of rotatable bonds is 4. The number of carbonyl (C=O) groups is 2. The van der Waals surface area contributed by atoms with Crippen LogP contribution in [0.2, 0.25) is 0 Å². The van der Waals surface area contributed by atoms with Crippen molar-refractivity contribution >= 4 is 11.8 Å². The lowest BCUT2D eigenvalue weighted by atomic mass is 9.85. The van der Waals surface area contributed by atoms with Crippen molar-refractivity contribution in [3.05, 3.63) is 65.2 Å². The second kappa shape index (κ2) is 7.06. The van der Waals surface area contributed by atoms with Gasteiger partial charge >= 0.3 is 0 Å². The molecule has 27 heavy (non-hydrogen) atoms. The molecule has 4 rings (SSSR count). The van der Waals surface area contributed by atoms with Crippen LogP contribution in [-0.4, -0.2) is 25.5 Å². The van der Waals surface area contributed by atoms with E-state index < -0.39 is 0 Å². The van der Waals surface area contributed by atoms with Crippen molar-refractivity contribution in [1.82, 2.24) is 10.6 Å². The highest BCUT2D eigenvalue weighted by atomic mass is 16.5. The summed E-state index contributed by atoms with van der Waals surface area (Å²) in [6.07, 6.45) is 4.02. The van der Waals surface area contributed by atoms with Crippen LogP contribution in [0.25, 0.3) is 0 Å². The number of methoxy groups -OCH3 is 1. The van der Waals surface area contributed by atoms with Crippen molar-refractivity contribution in [1.29, 1.82) is 0 Å². The van der Waals surface area contributed by atoms with Crippen LogP contribution in [0.1, 0.15) is 53.1 Å². The lowest BCUT2D eigenvalue weighted by Gasteiger charge is -2.34. The van der Waals surface area contributed by atoms with Crippen LogP contribution >= 0.6 is 0 Å². The smallest absolute Gasteiger partial charge is 0.251 e. The molecule has 1 atom stereocenters. The predicted octanol–water partition coefficient (Wildman–Crippen LogP) is 3.11. The maximum Gasteiger partial charge on any atom is 0.251 e. The quantitative estimate of drug-likeness (QED) is 0.876. The van der Waals surface area contributed by atoms with E-state index in [4.69, 9.17) is 4.74 Å². The van der Waals surface area contributed by atoms with Crippen LogP contribution < -0.4 is 15.4 Å². The Balaban J connectivity index is 1.62. The lowest BCUT2D eigenvalue weighted by molar-refractivity contribution is -0.124. The molecule has 2 aromatic rings. The Bertz CT molecular complexity index is 854. The Kier molecular flexibility index (Phi) is 4.60. The van der Waals surface area contributed by atoms with Crippen LogP contribution in [0.4, 0.5) is 0 Å². The zero-order valence-corrected chi connectivity index (χ0v) is 15.5. The van der Waals surface area contributed by atoms with Gasteiger partial charge in [-0.15, -0.1) is 0 Å². The molecule has 5 nitrogen and oxygen atoms in total. The Morgan fingerprint density at radius 1 is 1.11 bits per heavy atom. The molecule has 5 heteroatoms. The summed E-state index contributed by atoms with van der Waals surface area (Å²) >= 11 is 0. The van der Waals surface area contributed by atoms with Gasteiger partial charge in [-0.25, -0.2) is 0 Å². The van der Waals surface area contributed by atoms with E-state index in [0.29, 0.717) is 12.1 Å². The molecule has 1 aliphatic heterocycles. The largest absolute Gasteiger partial charge is 0.497 e. The van der Waals surface area contributed by atoms with Crippen molar-refractivity contribution in [3.8, 4) is 5.75 Å². The van der Waals surface area contributed by atoms with Gasteiger partial charge in [-0.05, 0) is 42.2 Å². The molecule has 2 aliphatic rings. The van der Waals surface area contributed by atoms with Gasteiger partial charge in [-0.3, -0.25) is 9.59 Å². The molecular weight excluding hydrogens is 340 g/mol. The van der Waals surface area contributed by atoms with Gasteiger partial charge in [0.15, 0.2) is 0 Å². The zero-order valence-electron chi connectivity index (χ0n) is 15.5. The van der Waals surface area contributed by atoms with Crippen LogP contribution in [0, 0.1) is 0 Å². The van der Waals surface area contributed by atoms with Crippen LogP contribution in [-0.2, 0) is 10.3 Å². The number of fused-ring (bicyclic) bond motifs is 1. The first-order valence-corrected chi connectivity index (χ1v) is 9.47. The topological polar surface area (TPSA) is 67.4 Å². The Labute approximate surface area is 159 Å². The van der Waals surface area contributed by atoms with Gasteiger partial charge in [-0.2, -0.15) is 0 Å². The molecule has 140 valence electrons. The standard InChI is InChI=1S/C22H24N2O3/c1-27-16-10-8-15(9-11-16)22(12-4-5-13-22)24-21(26)19-14-23-20(25)18-7-3-2-6-17(18)19/h2-3,6-11,19H,4-5,12-14H2,1H3,(H,23,25)(H,24,26). The predicted molar refractivity (Wildman–Crippen MR) is 103 cm³/mol. The van der Waals surface area contributed by atoms with Crippen molar-refractivity contribution < 1.29 is 14.3 Å². The third kappa shape index (κ3) is 3.18. The third-order valence-corrected chi connectivity index (χ3v) is 5.83. The van der Waals surface area contributed by atoms with Gasteiger partial charge in [-0.1, -0.05) is 43.2 Å². The first kappa shape index (κ1) is 17.6. The van der Waals surface area contributed by atoms with Gasteiger partial charge in [0.2, 0.25) is 5.91 Å². The van der Waals surface area contributed by atoms with Gasteiger partial charge in [0, 0.05) is 12.1 Å². The SMILES string of the molecule is COc1ccc(C2(NC(=O)C3CNC(=O)c4ccccc43)CCCC2)cc1. The molecule has 1 heterocycles. The molecular formula is C22H24N2O3. The summed E-state index contributed by atoms with van der Waals surface area (Å²) in [5.74, 6) is 0.303. The van der Waals surface area contributed by atoms with Crippen molar-refractivity contribution in [2.45, 2.75) is 37.1 Å². The lowest BCUT2D eigenvalue weighted by Crippen LogP contribution is -2.49. The normalized spacial score (nSPS) is 20.5. The van der Waals surface area contributed by atoms with E-state index in [9.17, 15) is 9.59 Å². The van der Waals surface area contributed by atoms with Crippen molar-refractivity contribution in [2.75, 3.05) is 13.7 Å². The zero-order chi connectivity index (χ0) is 18.9. The highest BCUT2D eigenvalue weighted by molar-refractivity contribution is 6.00. The van der Waals surface area contributed by atoms with Gasteiger partial charge < -0.3 is 15.4 Å². The van der Waals surface area contributed by atoms with E-state index in [2.05, 4.69) is 10.6 Å². The van der Waals surface area contributed by atoms with E-state index >= 15 is 0 Å². The first-order valence-electron chi connectivity index (χ1n) is 9.47. The van der Waals surface area contributed by atoms with E-state index in [1.54, 1.807) is 13.2 Å². The first-order chi connectivity index (χ1) is 13.1. The number of hydrogen-bond acceptors (Lipinski definition) is 3. The molecule has 0 bridgehead atoms. The number of carbonyl (C=O) groups excluding carboxylic acids is 2. The minimum Gasteiger partial charge on any atom is -0.497 e. The van der Waals surface area contributed by atoms with E-state index in [1.165, 1.54) is 0 Å². The van der Waals surface area contributed by atoms with E-state index in [1.807, 2.05) is 42.5 Å². The van der Waals surface area contributed by atoms with Crippen LogP contribution in [0.15, 0.2) is 48.5 Å². The second-order valence-corrected chi connectivity index (χ2v) is 7.36. The third-order valence-electron chi connectivity index (χ3n) is 5.83. The molecule has 2 N–H and O–H groups in total. The maximum atomic E-state index is 13.2. The molecule has 0 saturated heterocycles. The summed E-state index contributed by atoms with van der Waals surface area (Å²) in [6.45, 7) is 0.334. The minimum atomic E-state index is -0.366. The number of amides is 2. The molecule has 2 amide bonds. The van der Waals surface area contributed by atoms with Gasteiger partial charge in [0.25, 0.3) is 5.91 Å². The molecule has 1 saturated carbocycles. The summed E-state index contributed by atoms with van der Waals surface area (Å²) < 4.78 is 5.26. The average Bonchev–Trinajstić information content (AvgIpc) is 3.18. The maximum absolute atomic E-state index is 13.2. The number of nitrogens with one attached hydrogen (secondary N) is 2. The van der Waals surface area contributed by atoms with Crippen molar-refractivity contribution in [3.63, 3.8) is 0 Å². The molecule has 1 unspecified atom stereocenters. The summed E-state index contributed by atoms with van der Waals surface area (Å²) in [5, 5.41) is 6.19. The fourth-order valence-corrected chi connectivity index (χ4v) is 4.34. The molecule has 1 aliphatic carbocycles. The average molecular weight is 364 g/mol. The molecule has 1 fully saturated rings. The second-order valence-electron chi connectivity index (χ2n) is 7.36. The van der Waals surface area contributed by atoms with Crippen LogP contribution in [0.5, 0.6) is 5.75 Å². The fourth-order valence-electron chi connectivity index (χ4n) is 4.34. The Morgan fingerprint density at radius 3 is 2.52 bits per heavy atom. The molecule has 2 aromatic carbocycles. The van der Waals surface area contributed by atoms with E-state index in [0.717, 1.165) is 42.6 Å². The number of ether oxygens (including phenoxy) is 1. The van der Waals surface area contributed by atoms with E-state index in [-0.39, 0.29) is 23.3 Å². The number of benzene rings is 2. The Morgan fingerprint density at radius 2 is 1.81 bits per heavy atom. The fraction of sp³-hybridized carbons (Fsp3) is 0.364.